The van der Waals surface area contributed by atoms with Crippen molar-refractivity contribution < 1.29 is 9.32 Å². The van der Waals surface area contributed by atoms with Gasteiger partial charge >= 0.3 is 0 Å². The molecule has 4 aromatic rings. The number of carbonyl (C=O) groups excluding carboxylic acids is 1. The maximum absolute atomic E-state index is 12.5. The topological polar surface area (TPSA) is 118 Å². The van der Waals surface area contributed by atoms with Crippen molar-refractivity contribution in [3.05, 3.63) is 72.4 Å². The van der Waals surface area contributed by atoms with Crippen molar-refractivity contribution in [1.82, 2.24) is 20.1 Å². The summed E-state index contributed by atoms with van der Waals surface area (Å²) < 4.78 is 5.25. The molecule has 3 aromatic heterocycles. The molecule has 1 aromatic carbocycles. The quantitative estimate of drug-likeness (QED) is 0.410. The molecule has 9 nitrogen and oxygen atoms in total. The number of amides is 1. The van der Waals surface area contributed by atoms with Gasteiger partial charge in [-0.3, -0.25) is 9.78 Å². The average molecular weight is 415 g/mol. The van der Waals surface area contributed by atoms with Gasteiger partial charge in [0.2, 0.25) is 0 Å². The number of aromatic nitrogens is 4. The van der Waals surface area contributed by atoms with E-state index in [1.54, 1.807) is 36.7 Å². The van der Waals surface area contributed by atoms with Crippen LogP contribution in [0.1, 0.15) is 23.2 Å². The Morgan fingerprint density at radius 2 is 1.81 bits per heavy atom. The third-order valence-corrected chi connectivity index (χ3v) is 4.30. The number of aryl methyl sites for hydroxylation is 1. The van der Waals surface area contributed by atoms with Crippen molar-refractivity contribution in [3.63, 3.8) is 0 Å². The molecule has 0 unspecified atom stereocenters. The fourth-order valence-corrected chi connectivity index (χ4v) is 2.91. The lowest BCUT2D eigenvalue weighted by Crippen LogP contribution is -2.12. The van der Waals surface area contributed by atoms with Gasteiger partial charge in [-0.1, -0.05) is 5.16 Å². The van der Waals surface area contributed by atoms with E-state index in [-0.39, 0.29) is 11.6 Å². The summed E-state index contributed by atoms with van der Waals surface area (Å²) in [5.74, 6) is 2.24. The molecule has 31 heavy (non-hydrogen) atoms. The van der Waals surface area contributed by atoms with Crippen molar-refractivity contribution in [1.29, 1.82) is 0 Å². The van der Waals surface area contributed by atoms with Gasteiger partial charge in [-0.25, -0.2) is 9.97 Å². The molecular formula is C22H21N7O2. The largest absolute Gasteiger partial charge is 0.370 e. The first-order valence-corrected chi connectivity index (χ1v) is 9.76. The number of nitrogens with one attached hydrogen (secondary N) is 3. The molecule has 4 rings (SSSR count). The summed E-state index contributed by atoms with van der Waals surface area (Å²) in [6.07, 6.45) is 3.31. The summed E-state index contributed by atoms with van der Waals surface area (Å²) in [4.78, 5) is 25.2. The molecule has 0 aliphatic heterocycles. The van der Waals surface area contributed by atoms with Gasteiger partial charge in [0.1, 0.15) is 17.5 Å². The Bertz CT molecular complexity index is 1170. The highest BCUT2D eigenvalue weighted by Crippen LogP contribution is 2.22. The first-order chi connectivity index (χ1) is 15.1. The number of hydrogen-bond acceptors (Lipinski definition) is 8. The van der Waals surface area contributed by atoms with Crippen molar-refractivity contribution in [3.8, 4) is 11.3 Å². The minimum absolute atomic E-state index is 0.188. The van der Waals surface area contributed by atoms with Crippen LogP contribution in [-0.4, -0.2) is 32.6 Å². The number of benzene rings is 1. The van der Waals surface area contributed by atoms with Crippen LogP contribution in [0, 0.1) is 6.92 Å². The van der Waals surface area contributed by atoms with Crippen LogP contribution in [0.25, 0.3) is 11.3 Å². The Kier molecular flexibility index (Phi) is 5.84. The molecule has 0 spiro atoms. The van der Waals surface area contributed by atoms with Crippen LogP contribution in [0.5, 0.6) is 0 Å². The Hall–Kier alpha value is -4.27. The van der Waals surface area contributed by atoms with Crippen LogP contribution in [-0.2, 0) is 0 Å². The first-order valence-electron chi connectivity index (χ1n) is 9.76. The van der Waals surface area contributed by atoms with E-state index in [0.717, 1.165) is 23.6 Å². The zero-order valence-electron chi connectivity index (χ0n) is 17.1. The molecule has 156 valence electrons. The lowest BCUT2D eigenvalue weighted by atomic mass is 10.2. The fraction of sp³-hybridized carbons (Fsp3) is 0.136. The van der Waals surface area contributed by atoms with Crippen molar-refractivity contribution in [2.24, 2.45) is 0 Å². The first kappa shape index (κ1) is 20.0. The van der Waals surface area contributed by atoms with E-state index in [1.165, 1.54) is 0 Å². The molecule has 0 atom stereocenters. The number of nitrogens with zero attached hydrogens (tertiary/aromatic N) is 4. The second-order valence-corrected chi connectivity index (χ2v) is 6.69. The molecule has 0 aliphatic rings. The minimum atomic E-state index is -0.360. The maximum Gasteiger partial charge on any atom is 0.277 e. The number of rotatable bonds is 7. The third-order valence-electron chi connectivity index (χ3n) is 4.30. The van der Waals surface area contributed by atoms with Gasteiger partial charge in [0.15, 0.2) is 11.5 Å². The summed E-state index contributed by atoms with van der Waals surface area (Å²) in [6, 6.07) is 14.3. The van der Waals surface area contributed by atoms with Crippen LogP contribution in [0.4, 0.5) is 23.0 Å². The molecule has 0 radical (unpaired) electrons. The van der Waals surface area contributed by atoms with Gasteiger partial charge in [0.05, 0.1) is 0 Å². The molecule has 1 amide bonds. The minimum Gasteiger partial charge on any atom is -0.370 e. The van der Waals surface area contributed by atoms with E-state index < -0.39 is 0 Å². The van der Waals surface area contributed by atoms with Crippen LogP contribution in [0.3, 0.4) is 0 Å². The zero-order chi connectivity index (χ0) is 21.6. The Morgan fingerprint density at radius 1 is 1.03 bits per heavy atom. The highest BCUT2D eigenvalue weighted by molar-refractivity contribution is 6.03. The number of anilines is 4. The summed E-state index contributed by atoms with van der Waals surface area (Å²) in [5.41, 5.74) is 2.41. The predicted octanol–water partition coefficient (Wildman–Crippen LogP) is 4.26. The number of carbonyl (C=O) groups is 1. The predicted molar refractivity (Wildman–Crippen MR) is 118 cm³/mol. The summed E-state index contributed by atoms with van der Waals surface area (Å²) in [6.45, 7) is 4.63. The summed E-state index contributed by atoms with van der Waals surface area (Å²) in [5, 5.41) is 13.1. The lowest BCUT2D eigenvalue weighted by molar-refractivity contribution is 0.101. The molecule has 3 N–H and O–H groups in total. The SMILES string of the molecule is CCNc1cc(Nc2ccc(NC(=O)c3cc(-c4cccnc4)on3)cc2)nc(C)n1. The molecule has 0 saturated carbocycles. The second-order valence-electron chi connectivity index (χ2n) is 6.69. The van der Waals surface area contributed by atoms with Crippen LogP contribution in [0.15, 0.2) is 65.4 Å². The van der Waals surface area contributed by atoms with E-state index in [1.807, 2.05) is 38.1 Å². The molecule has 0 bridgehead atoms. The van der Waals surface area contributed by atoms with Crippen LogP contribution in [0.2, 0.25) is 0 Å². The summed E-state index contributed by atoms with van der Waals surface area (Å²) in [7, 11) is 0. The van der Waals surface area contributed by atoms with Gasteiger partial charge in [-0.15, -0.1) is 0 Å². The van der Waals surface area contributed by atoms with Gasteiger partial charge in [0.25, 0.3) is 5.91 Å². The van der Waals surface area contributed by atoms with Crippen LogP contribution < -0.4 is 16.0 Å². The molecular weight excluding hydrogens is 394 g/mol. The molecule has 3 heterocycles. The zero-order valence-corrected chi connectivity index (χ0v) is 17.1. The highest BCUT2D eigenvalue weighted by Gasteiger charge is 2.14. The van der Waals surface area contributed by atoms with Gasteiger partial charge < -0.3 is 20.5 Å². The fourth-order valence-electron chi connectivity index (χ4n) is 2.91. The Balaban J connectivity index is 1.41. The van der Waals surface area contributed by atoms with E-state index in [4.69, 9.17) is 4.52 Å². The summed E-state index contributed by atoms with van der Waals surface area (Å²) >= 11 is 0. The molecule has 0 fully saturated rings. The van der Waals surface area contributed by atoms with E-state index in [9.17, 15) is 4.79 Å². The highest BCUT2D eigenvalue weighted by atomic mass is 16.5. The standard InChI is InChI=1S/C22H21N7O2/c1-3-24-20-12-21(26-14(2)25-20)27-16-6-8-17(9-7-16)28-22(30)18-11-19(31-29-18)15-5-4-10-23-13-15/h4-13H,3H2,1-2H3,(H,28,30)(H2,24,25,26,27). The van der Waals surface area contributed by atoms with E-state index in [2.05, 4.69) is 36.1 Å². The number of hydrogen-bond donors (Lipinski definition) is 3. The monoisotopic (exact) mass is 415 g/mol. The van der Waals surface area contributed by atoms with Gasteiger partial charge in [-0.05, 0) is 50.2 Å². The van der Waals surface area contributed by atoms with Crippen molar-refractivity contribution in [2.75, 3.05) is 22.5 Å². The molecule has 0 saturated heterocycles. The number of pyridine rings is 1. The molecule has 9 heteroatoms. The Morgan fingerprint density at radius 3 is 2.55 bits per heavy atom. The van der Waals surface area contributed by atoms with Gasteiger partial charge in [0, 0.05) is 48.0 Å². The normalized spacial score (nSPS) is 10.5. The third kappa shape index (κ3) is 5.02. The average Bonchev–Trinajstić information content (AvgIpc) is 3.26. The van der Waals surface area contributed by atoms with Crippen LogP contribution >= 0.6 is 0 Å². The van der Waals surface area contributed by atoms with Crippen molar-refractivity contribution in [2.45, 2.75) is 13.8 Å². The Labute approximate surface area is 178 Å². The van der Waals surface area contributed by atoms with E-state index in [0.29, 0.717) is 23.1 Å². The smallest absolute Gasteiger partial charge is 0.277 e. The van der Waals surface area contributed by atoms with Gasteiger partial charge in [-0.2, -0.15) is 0 Å². The van der Waals surface area contributed by atoms with E-state index >= 15 is 0 Å². The lowest BCUT2D eigenvalue weighted by Gasteiger charge is -2.10. The maximum atomic E-state index is 12.5. The second kappa shape index (κ2) is 9.04. The molecule has 0 aliphatic carbocycles. The van der Waals surface area contributed by atoms with Crippen molar-refractivity contribution >= 4 is 28.9 Å².